The molecule has 0 unspecified atom stereocenters. The number of benzene rings is 2. The van der Waals surface area contributed by atoms with E-state index in [2.05, 4.69) is 22.4 Å². The molecule has 4 rings (SSSR count). The second-order valence-corrected chi connectivity index (χ2v) is 6.78. The Balaban J connectivity index is 1.60. The van der Waals surface area contributed by atoms with Gasteiger partial charge in [0.2, 0.25) is 0 Å². The lowest BCUT2D eigenvalue weighted by molar-refractivity contribution is 0.0599. The van der Waals surface area contributed by atoms with Crippen LogP contribution in [0, 0.1) is 13.8 Å². The SMILES string of the molecule is COC(=O)c1c(C)[nH]c(C(=O)Nc2ccc3c(c2)Cc2ccccc2-3)c1C. The molecular weight excluding hydrogens is 340 g/mol. The number of ether oxygens (including phenoxy) is 1. The Labute approximate surface area is 157 Å². The van der Waals surface area contributed by atoms with Gasteiger partial charge in [-0.15, -0.1) is 0 Å². The number of aromatic amines is 1. The standard InChI is InChI=1S/C22H20N2O3/c1-12-19(22(26)27-3)13(2)23-20(12)21(25)24-16-8-9-18-15(11-16)10-14-6-4-5-7-17(14)18/h4-9,11,23H,10H2,1-3H3,(H,24,25). The summed E-state index contributed by atoms with van der Waals surface area (Å²) < 4.78 is 4.80. The maximum absolute atomic E-state index is 12.7. The molecule has 1 aliphatic carbocycles. The number of aromatic nitrogens is 1. The van der Waals surface area contributed by atoms with E-state index in [1.165, 1.54) is 29.4 Å². The fourth-order valence-corrected chi connectivity index (χ4v) is 3.80. The van der Waals surface area contributed by atoms with Gasteiger partial charge in [0.15, 0.2) is 0 Å². The van der Waals surface area contributed by atoms with E-state index in [1.807, 2.05) is 30.3 Å². The van der Waals surface area contributed by atoms with Crippen LogP contribution >= 0.6 is 0 Å². The van der Waals surface area contributed by atoms with Crippen molar-refractivity contribution in [1.82, 2.24) is 4.98 Å². The van der Waals surface area contributed by atoms with Gasteiger partial charge < -0.3 is 15.0 Å². The zero-order valence-electron chi connectivity index (χ0n) is 15.5. The first kappa shape index (κ1) is 17.1. The average Bonchev–Trinajstić information content (AvgIpc) is 3.17. The van der Waals surface area contributed by atoms with E-state index in [1.54, 1.807) is 13.8 Å². The number of aryl methyl sites for hydroxylation is 1. The van der Waals surface area contributed by atoms with Gasteiger partial charge in [-0.3, -0.25) is 4.79 Å². The summed E-state index contributed by atoms with van der Waals surface area (Å²) in [5.41, 5.74) is 7.69. The molecule has 2 N–H and O–H groups in total. The Morgan fingerprint density at radius 2 is 1.78 bits per heavy atom. The first-order valence-corrected chi connectivity index (χ1v) is 8.79. The minimum atomic E-state index is -0.449. The molecule has 1 heterocycles. The Bertz CT molecular complexity index is 1080. The zero-order chi connectivity index (χ0) is 19.1. The van der Waals surface area contributed by atoms with Crippen molar-refractivity contribution in [2.45, 2.75) is 20.3 Å². The summed E-state index contributed by atoms with van der Waals surface area (Å²) in [6.45, 7) is 3.49. The van der Waals surface area contributed by atoms with Gasteiger partial charge in [-0.2, -0.15) is 0 Å². The lowest BCUT2D eigenvalue weighted by Gasteiger charge is -2.08. The van der Waals surface area contributed by atoms with Crippen LogP contribution in [-0.2, 0) is 11.2 Å². The van der Waals surface area contributed by atoms with Crippen LogP contribution in [0.4, 0.5) is 5.69 Å². The number of carbonyl (C=O) groups is 2. The minimum Gasteiger partial charge on any atom is -0.465 e. The number of carbonyl (C=O) groups excluding carboxylic acids is 2. The van der Waals surface area contributed by atoms with Gasteiger partial charge in [-0.25, -0.2) is 4.79 Å². The van der Waals surface area contributed by atoms with E-state index in [9.17, 15) is 9.59 Å². The van der Waals surface area contributed by atoms with Crippen molar-refractivity contribution in [2.75, 3.05) is 12.4 Å². The van der Waals surface area contributed by atoms with Crippen molar-refractivity contribution in [3.05, 3.63) is 76.1 Å². The van der Waals surface area contributed by atoms with E-state index in [4.69, 9.17) is 4.74 Å². The van der Waals surface area contributed by atoms with Gasteiger partial charge in [-0.05, 0) is 60.2 Å². The Kier molecular flexibility index (Phi) is 4.07. The first-order valence-electron chi connectivity index (χ1n) is 8.79. The lowest BCUT2D eigenvalue weighted by atomic mass is 10.1. The normalized spacial score (nSPS) is 11.7. The molecule has 3 aromatic rings. The number of H-pyrrole nitrogens is 1. The first-order chi connectivity index (χ1) is 13.0. The molecule has 27 heavy (non-hydrogen) atoms. The zero-order valence-corrected chi connectivity index (χ0v) is 15.5. The molecule has 1 aliphatic rings. The Hall–Kier alpha value is -3.34. The summed E-state index contributed by atoms with van der Waals surface area (Å²) in [5, 5.41) is 2.93. The smallest absolute Gasteiger partial charge is 0.339 e. The van der Waals surface area contributed by atoms with Crippen LogP contribution in [-0.4, -0.2) is 24.0 Å². The van der Waals surface area contributed by atoms with Crippen molar-refractivity contribution in [2.24, 2.45) is 0 Å². The number of methoxy groups -OCH3 is 1. The average molecular weight is 360 g/mol. The number of esters is 1. The summed E-state index contributed by atoms with van der Waals surface area (Å²) in [6.07, 6.45) is 0.863. The van der Waals surface area contributed by atoms with E-state index in [0.717, 1.165) is 12.1 Å². The van der Waals surface area contributed by atoms with Crippen LogP contribution in [0.1, 0.15) is 43.2 Å². The second-order valence-electron chi connectivity index (χ2n) is 6.78. The predicted molar refractivity (Wildman–Crippen MR) is 104 cm³/mol. The lowest BCUT2D eigenvalue weighted by Crippen LogP contribution is -2.14. The fraction of sp³-hybridized carbons (Fsp3) is 0.182. The van der Waals surface area contributed by atoms with E-state index in [0.29, 0.717) is 22.5 Å². The van der Waals surface area contributed by atoms with Gasteiger partial charge in [-0.1, -0.05) is 30.3 Å². The Morgan fingerprint density at radius 1 is 1.04 bits per heavy atom. The van der Waals surface area contributed by atoms with Crippen LogP contribution in [0.2, 0.25) is 0 Å². The summed E-state index contributed by atoms with van der Waals surface area (Å²) in [4.78, 5) is 27.6. The third-order valence-corrected chi connectivity index (χ3v) is 5.11. The highest BCUT2D eigenvalue weighted by Crippen LogP contribution is 2.37. The van der Waals surface area contributed by atoms with E-state index >= 15 is 0 Å². The summed E-state index contributed by atoms with van der Waals surface area (Å²) >= 11 is 0. The van der Waals surface area contributed by atoms with Gasteiger partial charge in [0.1, 0.15) is 5.69 Å². The van der Waals surface area contributed by atoms with Crippen LogP contribution in [0.5, 0.6) is 0 Å². The van der Waals surface area contributed by atoms with Crippen LogP contribution in [0.3, 0.4) is 0 Å². The topological polar surface area (TPSA) is 71.2 Å². The summed E-state index contributed by atoms with van der Waals surface area (Å²) in [7, 11) is 1.33. The molecule has 136 valence electrons. The highest BCUT2D eigenvalue weighted by molar-refractivity contribution is 6.07. The highest BCUT2D eigenvalue weighted by Gasteiger charge is 2.23. The third kappa shape index (κ3) is 2.81. The second kappa shape index (κ2) is 6.43. The quantitative estimate of drug-likeness (QED) is 0.537. The van der Waals surface area contributed by atoms with E-state index in [-0.39, 0.29) is 5.91 Å². The number of amides is 1. The largest absolute Gasteiger partial charge is 0.465 e. The van der Waals surface area contributed by atoms with Gasteiger partial charge >= 0.3 is 5.97 Å². The number of hydrogen-bond acceptors (Lipinski definition) is 3. The van der Waals surface area contributed by atoms with Crippen molar-refractivity contribution < 1.29 is 14.3 Å². The molecule has 5 nitrogen and oxygen atoms in total. The number of rotatable bonds is 3. The predicted octanol–water partition coefficient (Wildman–Crippen LogP) is 4.24. The molecule has 0 atom stereocenters. The molecule has 0 radical (unpaired) electrons. The maximum Gasteiger partial charge on any atom is 0.339 e. The monoisotopic (exact) mass is 360 g/mol. The number of anilines is 1. The van der Waals surface area contributed by atoms with Crippen molar-refractivity contribution in [1.29, 1.82) is 0 Å². The number of fused-ring (bicyclic) bond motifs is 3. The highest BCUT2D eigenvalue weighted by atomic mass is 16.5. The molecule has 0 aliphatic heterocycles. The van der Waals surface area contributed by atoms with Gasteiger partial charge in [0.05, 0.1) is 12.7 Å². The maximum atomic E-state index is 12.7. The summed E-state index contributed by atoms with van der Waals surface area (Å²) in [6, 6.07) is 14.3. The number of nitrogens with one attached hydrogen (secondary N) is 2. The van der Waals surface area contributed by atoms with Crippen molar-refractivity contribution in [3.8, 4) is 11.1 Å². The van der Waals surface area contributed by atoms with Gasteiger partial charge in [0.25, 0.3) is 5.91 Å². The van der Waals surface area contributed by atoms with Crippen molar-refractivity contribution >= 4 is 17.6 Å². The molecule has 0 saturated carbocycles. The number of hydrogen-bond donors (Lipinski definition) is 2. The molecule has 5 heteroatoms. The minimum absolute atomic E-state index is 0.277. The molecule has 0 fully saturated rings. The molecular formula is C22H20N2O3. The third-order valence-electron chi connectivity index (χ3n) is 5.11. The molecule has 1 aromatic heterocycles. The van der Waals surface area contributed by atoms with Crippen molar-refractivity contribution in [3.63, 3.8) is 0 Å². The van der Waals surface area contributed by atoms with Crippen LogP contribution in [0.15, 0.2) is 42.5 Å². The molecule has 2 aromatic carbocycles. The summed E-state index contributed by atoms with van der Waals surface area (Å²) in [5.74, 6) is -0.725. The molecule has 0 spiro atoms. The van der Waals surface area contributed by atoms with Crippen LogP contribution < -0.4 is 5.32 Å². The molecule has 0 saturated heterocycles. The molecule has 1 amide bonds. The molecule has 0 bridgehead atoms. The van der Waals surface area contributed by atoms with Crippen LogP contribution in [0.25, 0.3) is 11.1 Å². The van der Waals surface area contributed by atoms with E-state index < -0.39 is 5.97 Å². The Morgan fingerprint density at radius 3 is 2.56 bits per heavy atom. The van der Waals surface area contributed by atoms with Gasteiger partial charge in [0, 0.05) is 11.4 Å². The fourth-order valence-electron chi connectivity index (χ4n) is 3.80.